The third-order valence-corrected chi connectivity index (χ3v) is 2.75. The molecule has 1 amide bonds. The van der Waals surface area contributed by atoms with Gasteiger partial charge in [-0.3, -0.25) is 5.32 Å². The van der Waals surface area contributed by atoms with E-state index in [0.29, 0.717) is 6.07 Å². The van der Waals surface area contributed by atoms with Crippen LogP contribution >= 0.6 is 15.9 Å². The Morgan fingerprint density at radius 1 is 1.35 bits per heavy atom. The lowest BCUT2D eigenvalue weighted by Gasteiger charge is -2.20. The lowest BCUT2D eigenvalue weighted by molar-refractivity contribution is 0.0635. The number of nitrogens with one attached hydrogen (secondary N) is 1. The first kappa shape index (κ1) is 16.4. The number of carbonyl (C=O) groups excluding carboxylic acids is 1. The molecule has 0 bridgehead atoms. The molecule has 8 heteroatoms. The number of carboxylic acid groups (broad SMARTS) is 1. The normalized spacial score (nSPS) is 11.1. The third kappa shape index (κ3) is 3.89. The van der Waals surface area contributed by atoms with E-state index in [1.54, 1.807) is 20.8 Å². The number of carboxylic acids is 1. The van der Waals surface area contributed by atoms with E-state index in [-0.39, 0.29) is 0 Å². The van der Waals surface area contributed by atoms with Gasteiger partial charge in [0.1, 0.15) is 11.4 Å². The van der Waals surface area contributed by atoms with Crippen LogP contribution in [-0.4, -0.2) is 22.8 Å². The second kappa shape index (κ2) is 5.74. The van der Waals surface area contributed by atoms with Gasteiger partial charge in [0, 0.05) is 0 Å². The highest BCUT2D eigenvalue weighted by Crippen LogP contribution is 2.30. The van der Waals surface area contributed by atoms with Gasteiger partial charge < -0.3 is 9.84 Å². The van der Waals surface area contributed by atoms with E-state index in [1.165, 1.54) is 0 Å². The van der Waals surface area contributed by atoms with Crippen molar-refractivity contribution in [1.29, 1.82) is 0 Å². The Morgan fingerprint density at radius 3 is 2.35 bits per heavy atom. The fourth-order valence-corrected chi connectivity index (χ4v) is 1.60. The molecular weight excluding hydrogens is 340 g/mol. The van der Waals surface area contributed by atoms with E-state index in [2.05, 4.69) is 15.9 Å². The quantitative estimate of drug-likeness (QED) is 0.795. The van der Waals surface area contributed by atoms with Gasteiger partial charge in [-0.25, -0.2) is 18.4 Å². The summed E-state index contributed by atoms with van der Waals surface area (Å²) in [4.78, 5) is 22.5. The largest absolute Gasteiger partial charge is 0.478 e. The Bertz CT molecular complexity index is 570. The second-order valence-electron chi connectivity index (χ2n) is 4.84. The fourth-order valence-electron chi connectivity index (χ4n) is 1.29. The molecule has 1 rings (SSSR count). The number of rotatable bonds is 2. The molecule has 110 valence electrons. The van der Waals surface area contributed by atoms with Gasteiger partial charge in [-0.1, -0.05) is 0 Å². The minimum Gasteiger partial charge on any atom is -0.478 e. The van der Waals surface area contributed by atoms with Crippen molar-refractivity contribution in [3.05, 3.63) is 27.7 Å². The highest BCUT2D eigenvalue weighted by Gasteiger charge is 2.24. The van der Waals surface area contributed by atoms with Crippen molar-refractivity contribution < 1.29 is 28.2 Å². The van der Waals surface area contributed by atoms with Crippen LogP contribution in [0, 0.1) is 11.6 Å². The Balaban J connectivity index is 3.20. The van der Waals surface area contributed by atoms with Crippen molar-refractivity contribution >= 4 is 33.7 Å². The Morgan fingerprint density at radius 2 is 1.90 bits per heavy atom. The van der Waals surface area contributed by atoms with Gasteiger partial charge in [0.25, 0.3) is 0 Å². The molecule has 0 unspecified atom stereocenters. The summed E-state index contributed by atoms with van der Waals surface area (Å²) in [5, 5.41) is 10.9. The molecule has 5 nitrogen and oxygen atoms in total. The van der Waals surface area contributed by atoms with Gasteiger partial charge in [0.2, 0.25) is 0 Å². The smallest absolute Gasteiger partial charge is 0.412 e. The van der Waals surface area contributed by atoms with Crippen molar-refractivity contribution in [2.75, 3.05) is 5.32 Å². The van der Waals surface area contributed by atoms with Crippen LogP contribution in [0.5, 0.6) is 0 Å². The lowest BCUT2D eigenvalue weighted by atomic mass is 10.1. The van der Waals surface area contributed by atoms with Gasteiger partial charge >= 0.3 is 12.1 Å². The minimum atomic E-state index is -1.58. The molecule has 0 saturated heterocycles. The van der Waals surface area contributed by atoms with Gasteiger partial charge in [-0.2, -0.15) is 0 Å². The molecule has 0 spiro atoms. The molecule has 0 aliphatic carbocycles. The van der Waals surface area contributed by atoms with E-state index >= 15 is 0 Å². The maximum Gasteiger partial charge on any atom is 0.412 e. The maximum atomic E-state index is 13.9. The molecular formula is C12H12BrF2NO4. The van der Waals surface area contributed by atoms with Crippen LogP contribution in [0.1, 0.15) is 31.1 Å². The first-order chi connectivity index (χ1) is 9.03. The first-order valence-electron chi connectivity index (χ1n) is 5.43. The van der Waals surface area contributed by atoms with Crippen LogP contribution < -0.4 is 5.32 Å². The lowest BCUT2D eigenvalue weighted by Crippen LogP contribution is -2.28. The topological polar surface area (TPSA) is 75.6 Å². The van der Waals surface area contributed by atoms with Crippen molar-refractivity contribution in [3.8, 4) is 0 Å². The van der Waals surface area contributed by atoms with E-state index in [1.807, 2.05) is 5.32 Å². The summed E-state index contributed by atoms with van der Waals surface area (Å²) < 4.78 is 31.5. The molecule has 0 radical (unpaired) electrons. The van der Waals surface area contributed by atoms with Crippen LogP contribution in [-0.2, 0) is 4.74 Å². The Kier molecular flexibility index (Phi) is 4.69. The average molecular weight is 352 g/mol. The molecule has 0 aromatic heterocycles. The van der Waals surface area contributed by atoms with Gasteiger partial charge in [-0.05, 0) is 42.8 Å². The van der Waals surface area contributed by atoms with E-state index in [4.69, 9.17) is 9.84 Å². The van der Waals surface area contributed by atoms with Crippen molar-refractivity contribution in [2.45, 2.75) is 26.4 Å². The van der Waals surface area contributed by atoms with Crippen molar-refractivity contribution in [2.24, 2.45) is 0 Å². The van der Waals surface area contributed by atoms with Crippen molar-refractivity contribution in [1.82, 2.24) is 0 Å². The predicted octanol–water partition coefficient (Wildman–Crippen LogP) is 3.77. The summed E-state index contributed by atoms with van der Waals surface area (Å²) >= 11 is 2.63. The SMILES string of the molecule is CC(C)(C)OC(=O)Nc1c(C(=O)O)cc(F)c(Br)c1F. The third-order valence-electron chi connectivity index (χ3n) is 2.02. The van der Waals surface area contributed by atoms with Crippen LogP contribution in [0.4, 0.5) is 19.3 Å². The number of aromatic carboxylic acids is 1. The summed E-state index contributed by atoms with van der Waals surface area (Å²) in [6.07, 6.45) is -1.04. The van der Waals surface area contributed by atoms with Crippen molar-refractivity contribution in [3.63, 3.8) is 0 Å². The zero-order valence-electron chi connectivity index (χ0n) is 10.9. The molecule has 20 heavy (non-hydrogen) atoms. The number of carbonyl (C=O) groups is 2. The van der Waals surface area contributed by atoms with E-state index < -0.39 is 45.0 Å². The summed E-state index contributed by atoms with van der Waals surface area (Å²) in [6.45, 7) is 4.75. The number of halogens is 3. The van der Waals surface area contributed by atoms with Gasteiger partial charge in [-0.15, -0.1) is 0 Å². The molecule has 0 fully saturated rings. The molecule has 2 N–H and O–H groups in total. The van der Waals surface area contributed by atoms with Gasteiger partial charge in [0.05, 0.1) is 15.7 Å². The molecule has 0 saturated carbocycles. The molecule has 0 atom stereocenters. The molecule has 0 aliphatic rings. The molecule has 1 aromatic carbocycles. The van der Waals surface area contributed by atoms with Crippen LogP contribution in [0.2, 0.25) is 0 Å². The van der Waals surface area contributed by atoms with E-state index in [9.17, 15) is 18.4 Å². The minimum absolute atomic E-state index is 0.575. The maximum absolute atomic E-state index is 13.9. The fraction of sp³-hybridized carbons (Fsp3) is 0.333. The number of hydrogen-bond acceptors (Lipinski definition) is 3. The number of ether oxygens (including phenoxy) is 1. The number of amides is 1. The number of anilines is 1. The second-order valence-corrected chi connectivity index (χ2v) is 5.63. The summed E-state index contributed by atoms with van der Waals surface area (Å²) in [6, 6.07) is 0.599. The summed E-state index contributed by atoms with van der Waals surface area (Å²) in [5.74, 6) is -3.90. The average Bonchev–Trinajstić information content (AvgIpc) is 2.27. The zero-order valence-corrected chi connectivity index (χ0v) is 12.5. The summed E-state index contributed by atoms with van der Waals surface area (Å²) in [5.41, 5.74) is -2.23. The predicted molar refractivity (Wildman–Crippen MR) is 70.9 cm³/mol. The monoisotopic (exact) mass is 351 g/mol. The van der Waals surface area contributed by atoms with Crippen LogP contribution in [0.15, 0.2) is 10.5 Å². The van der Waals surface area contributed by atoms with Crippen LogP contribution in [0.3, 0.4) is 0 Å². The van der Waals surface area contributed by atoms with Crippen LogP contribution in [0.25, 0.3) is 0 Å². The number of benzene rings is 1. The molecule has 0 aliphatic heterocycles. The molecule has 1 aromatic rings. The van der Waals surface area contributed by atoms with E-state index in [0.717, 1.165) is 0 Å². The zero-order chi connectivity index (χ0) is 15.7. The number of hydrogen-bond donors (Lipinski definition) is 2. The summed E-state index contributed by atoms with van der Waals surface area (Å²) in [7, 11) is 0. The highest BCUT2D eigenvalue weighted by molar-refractivity contribution is 9.10. The first-order valence-corrected chi connectivity index (χ1v) is 6.23. The van der Waals surface area contributed by atoms with Gasteiger partial charge in [0.15, 0.2) is 5.82 Å². The molecule has 0 heterocycles. The Hall–Kier alpha value is -1.70. The standard InChI is InChI=1S/C12H12BrF2NO4/c1-12(2,3)20-11(19)16-9-5(10(17)18)4-6(14)7(13)8(9)15/h4H,1-3H3,(H,16,19)(H,17,18). The highest BCUT2D eigenvalue weighted by atomic mass is 79.9. The Labute approximate surface area is 122 Å².